The molecule has 4 heteroatoms. The van der Waals surface area contributed by atoms with Crippen LogP contribution >= 0.6 is 0 Å². The van der Waals surface area contributed by atoms with Crippen LogP contribution in [0.2, 0.25) is 0 Å². The van der Waals surface area contributed by atoms with Crippen molar-refractivity contribution < 1.29 is 14.3 Å². The Morgan fingerprint density at radius 2 is 2.21 bits per heavy atom. The van der Waals surface area contributed by atoms with Crippen molar-refractivity contribution in [3.8, 4) is 0 Å². The van der Waals surface area contributed by atoms with E-state index in [-0.39, 0.29) is 12.1 Å². The summed E-state index contributed by atoms with van der Waals surface area (Å²) in [5.74, 6) is 0. The molecule has 1 heterocycles. The molecular weight excluding hydrogens is 182 g/mol. The minimum atomic E-state index is -0.431. The second-order valence-electron chi connectivity index (χ2n) is 4.56. The lowest BCUT2D eigenvalue weighted by Crippen LogP contribution is -2.43. The molecule has 4 nitrogen and oxygen atoms in total. The number of hydrogen-bond acceptors (Lipinski definition) is 3. The molecule has 1 amide bonds. The third-order valence-corrected chi connectivity index (χ3v) is 1.88. The summed E-state index contributed by atoms with van der Waals surface area (Å²) in [5, 5.41) is 2.79. The van der Waals surface area contributed by atoms with Gasteiger partial charge in [0.05, 0.1) is 12.6 Å². The Bertz CT molecular complexity index is 192. The highest BCUT2D eigenvalue weighted by molar-refractivity contribution is 5.68. The number of amides is 1. The number of ether oxygens (including phenoxy) is 2. The van der Waals surface area contributed by atoms with E-state index in [1.165, 1.54) is 0 Å². The maximum atomic E-state index is 11.3. The van der Waals surface area contributed by atoms with Gasteiger partial charge in [0, 0.05) is 6.61 Å². The number of carbonyl (C=O) groups is 1. The Morgan fingerprint density at radius 1 is 1.50 bits per heavy atom. The lowest BCUT2D eigenvalue weighted by atomic mass is 10.1. The smallest absolute Gasteiger partial charge is 0.407 e. The first-order valence-electron chi connectivity index (χ1n) is 5.04. The average molecular weight is 201 g/mol. The Hall–Kier alpha value is -0.770. The van der Waals surface area contributed by atoms with Crippen molar-refractivity contribution in [2.75, 3.05) is 13.2 Å². The molecule has 14 heavy (non-hydrogen) atoms. The molecule has 1 saturated heterocycles. The number of rotatable bonds is 1. The van der Waals surface area contributed by atoms with Crippen LogP contribution in [0.1, 0.15) is 33.6 Å². The van der Waals surface area contributed by atoms with Crippen LogP contribution in [-0.2, 0) is 9.47 Å². The molecule has 0 bridgehead atoms. The van der Waals surface area contributed by atoms with E-state index in [4.69, 9.17) is 9.47 Å². The summed E-state index contributed by atoms with van der Waals surface area (Å²) < 4.78 is 10.4. The number of alkyl carbamates (subject to hydrolysis) is 1. The maximum absolute atomic E-state index is 11.3. The number of carbonyl (C=O) groups excluding carboxylic acids is 1. The molecular formula is C10H19NO3. The van der Waals surface area contributed by atoms with Crippen molar-refractivity contribution in [1.29, 1.82) is 0 Å². The van der Waals surface area contributed by atoms with Crippen LogP contribution in [0.15, 0.2) is 0 Å². The quantitative estimate of drug-likeness (QED) is 0.702. The zero-order valence-electron chi connectivity index (χ0n) is 9.13. The van der Waals surface area contributed by atoms with E-state index in [0.717, 1.165) is 19.4 Å². The fraction of sp³-hybridized carbons (Fsp3) is 0.900. The molecule has 1 fully saturated rings. The Morgan fingerprint density at radius 3 is 2.71 bits per heavy atom. The van der Waals surface area contributed by atoms with Gasteiger partial charge in [0.2, 0.25) is 0 Å². The van der Waals surface area contributed by atoms with E-state index in [1.807, 2.05) is 20.8 Å². The van der Waals surface area contributed by atoms with Gasteiger partial charge in [-0.05, 0) is 33.6 Å². The van der Waals surface area contributed by atoms with Crippen LogP contribution < -0.4 is 5.32 Å². The van der Waals surface area contributed by atoms with Crippen LogP contribution in [0.3, 0.4) is 0 Å². The Balaban J connectivity index is 2.25. The van der Waals surface area contributed by atoms with Crippen molar-refractivity contribution in [3.05, 3.63) is 0 Å². The molecule has 0 radical (unpaired) electrons. The van der Waals surface area contributed by atoms with E-state index in [1.54, 1.807) is 0 Å². The lowest BCUT2D eigenvalue weighted by Gasteiger charge is -2.25. The molecule has 1 aliphatic heterocycles. The number of nitrogens with one attached hydrogen (secondary N) is 1. The van der Waals surface area contributed by atoms with Crippen molar-refractivity contribution in [3.63, 3.8) is 0 Å². The monoisotopic (exact) mass is 201 g/mol. The molecule has 0 aromatic carbocycles. The van der Waals surface area contributed by atoms with Gasteiger partial charge in [-0.2, -0.15) is 0 Å². The number of hydrogen-bond donors (Lipinski definition) is 1. The van der Waals surface area contributed by atoms with Gasteiger partial charge in [-0.25, -0.2) is 4.79 Å². The third kappa shape index (κ3) is 4.46. The van der Waals surface area contributed by atoms with Gasteiger partial charge in [-0.1, -0.05) is 0 Å². The minimum Gasteiger partial charge on any atom is -0.444 e. The summed E-state index contributed by atoms with van der Waals surface area (Å²) in [5.41, 5.74) is -0.431. The van der Waals surface area contributed by atoms with Gasteiger partial charge in [0.1, 0.15) is 5.60 Å². The van der Waals surface area contributed by atoms with Crippen LogP contribution in [0.4, 0.5) is 4.79 Å². The molecule has 82 valence electrons. The first-order valence-corrected chi connectivity index (χ1v) is 5.04. The zero-order valence-corrected chi connectivity index (χ0v) is 9.13. The predicted octanol–water partition coefficient (Wildman–Crippen LogP) is 1.69. The van der Waals surface area contributed by atoms with Gasteiger partial charge >= 0.3 is 6.09 Å². The van der Waals surface area contributed by atoms with E-state index in [2.05, 4.69) is 5.32 Å². The van der Waals surface area contributed by atoms with Crippen molar-refractivity contribution in [2.45, 2.75) is 45.3 Å². The van der Waals surface area contributed by atoms with Crippen molar-refractivity contribution >= 4 is 6.09 Å². The molecule has 1 atom stereocenters. The van der Waals surface area contributed by atoms with E-state index in [9.17, 15) is 4.79 Å². The zero-order chi connectivity index (χ0) is 10.6. The van der Waals surface area contributed by atoms with E-state index < -0.39 is 5.60 Å². The first kappa shape index (κ1) is 11.3. The molecule has 0 aliphatic carbocycles. The summed E-state index contributed by atoms with van der Waals surface area (Å²) in [6, 6.07) is 0.110. The Kier molecular flexibility index (Phi) is 3.75. The highest BCUT2D eigenvalue weighted by atomic mass is 16.6. The molecule has 0 aromatic rings. The fourth-order valence-electron chi connectivity index (χ4n) is 1.33. The van der Waals surface area contributed by atoms with Crippen LogP contribution in [0.5, 0.6) is 0 Å². The topological polar surface area (TPSA) is 47.6 Å². The summed E-state index contributed by atoms with van der Waals surface area (Å²) >= 11 is 0. The largest absolute Gasteiger partial charge is 0.444 e. The molecule has 0 spiro atoms. The SMILES string of the molecule is CC(C)(C)OC(=O)N[C@@H]1CCCOC1. The van der Waals surface area contributed by atoms with Crippen LogP contribution in [-0.4, -0.2) is 30.9 Å². The van der Waals surface area contributed by atoms with Gasteiger partial charge in [-0.3, -0.25) is 0 Å². The second-order valence-corrected chi connectivity index (χ2v) is 4.56. The summed E-state index contributed by atoms with van der Waals surface area (Å²) in [7, 11) is 0. The fourth-order valence-corrected chi connectivity index (χ4v) is 1.33. The molecule has 0 unspecified atom stereocenters. The first-order chi connectivity index (χ1) is 6.47. The Labute approximate surface area is 85.0 Å². The van der Waals surface area contributed by atoms with Gasteiger partial charge in [0.15, 0.2) is 0 Å². The highest BCUT2D eigenvalue weighted by Gasteiger charge is 2.20. The van der Waals surface area contributed by atoms with Gasteiger partial charge in [0.25, 0.3) is 0 Å². The molecule has 0 aromatic heterocycles. The summed E-state index contributed by atoms with van der Waals surface area (Å²) in [6.45, 7) is 6.95. The van der Waals surface area contributed by atoms with E-state index in [0.29, 0.717) is 6.61 Å². The standard InChI is InChI=1S/C10H19NO3/c1-10(2,3)14-9(12)11-8-5-4-6-13-7-8/h8H,4-7H2,1-3H3,(H,11,12)/t8-/m1/s1. The average Bonchev–Trinajstić information content (AvgIpc) is 2.02. The van der Waals surface area contributed by atoms with E-state index >= 15 is 0 Å². The van der Waals surface area contributed by atoms with Crippen molar-refractivity contribution in [2.24, 2.45) is 0 Å². The third-order valence-electron chi connectivity index (χ3n) is 1.88. The van der Waals surface area contributed by atoms with Crippen molar-refractivity contribution in [1.82, 2.24) is 5.32 Å². The molecule has 1 rings (SSSR count). The molecule has 1 N–H and O–H groups in total. The maximum Gasteiger partial charge on any atom is 0.407 e. The summed E-state index contributed by atoms with van der Waals surface area (Å²) in [6.07, 6.45) is 1.62. The normalized spacial score (nSPS) is 22.9. The lowest BCUT2D eigenvalue weighted by molar-refractivity contribution is 0.0347. The minimum absolute atomic E-state index is 0.110. The van der Waals surface area contributed by atoms with Gasteiger partial charge < -0.3 is 14.8 Å². The van der Waals surface area contributed by atoms with Crippen LogP contribution in [0.25, 0.3) is 0 Å². The molecule has 1 aliphatic rings. The highest BCUT2D eigenvalue weighted by Crippen LogP contribution is 2.09. The van der Waals surface area contributed by atoms with Crippen LogP contribution in [0, 0.1) is 0 Å². The predicted molar refractivity (Wildman–Crippen MR) is 53.2 cm³/mol. The molecule has 0 saturated carbocycles. The van der Waals surface area contributed by atoms with Gasteiger partial charge in [-0.15, -0.1) is 0 Å². The summed E-state index contributed by atoms with van der Waals surface area (Å²) in [4.78, 5) is 11.3. The second kappa shape index (κ2) is 4.64.